The fourth-order valence-corrected chi connectivity index (χ4v) is 2.99. The van der Waals surface area contributed by atoms with Crippen molar-refractivity contribution >= 4 is 18.9 Å². The summed E-state index contributed by atoms with van der Waals surface area (Å²) in [5.41, 5.74) is 0.390. The molecule has 0 saturated carbocycles. The average molecular weight is 272 g/mol. The second-order valence-electron chi connectivity index (χ2n) is 3.37. The molecule has 0 atom stereocenters. The zero-order chi connectivity index (χ0) is 13.6. The van der Waals surface area contributed by atoms with Crippen molar-refractivity contribution in [2.24, 2.45) is 0 Å². The van der Waals surface area contributed by atoms with Gasteiger partial charge >= 0.3 is 13.6 Å². The molecule has 18 heavy (non-hydrogen) atoms. The van der Waals surface area contributed by atoms with Crippen LogP contribution >= 0.6 is 7.60 Å². The van der Waals surface area contributed by atoms with Gasteiger partial charge < -0.3 is 13.8 Å². The zero-order valence-corrected chi connectivity index (χ0v) is 11.6. The number of hydrogen-bond acceptors (Lipinski definition) is 5. The molecule has 0 heterocycles. The van der Waals surface area contributed by atoms with E-state index < -0.39 is 13.6 Å². The van der Waals surface area contributed by atoms with Crippen LogP contribution in [0.3, 0.4) is 0 Å². The Kier molecular flexibility index (Phi) is 5.54. The molecule has 0 unspecified atom stereocenters. The Morgan fingerprint density at radius 3 is 2.00 bits per heavy atom. The van der Waals surface area contributed by atoms with Crippen molar-refractivity contribution < 1.29 is 23.1 Å². The van der Waals surface area contributed by atoms with E-state index in [0.717, 1.165) is 0 Å². The largest absolute Gasteiger partial charge is 0.465 e. The van der Waals surface area contributed by atoms with E-state index in [2.05, 4.69) is 4.74 Å². The Balaban J connectivity index is 3.01. The summed E-state index contributed by atoms with van der Waals surface area (Å²) in [6, 6.07) is 6.18. The molecule has 0 bridgehead atoms. The van der Waals surface area contributed by atoms with Gasteiger partial charge in [-0.15, -0.1) is 0 Å². The summed E-state index contributed by atoms with van der Waals surface area (Å²) in [7, 11) is -1.98. The molecule has 1 aromatic rings. The maximum atomic E-state index is 12.4. The molecule has 0 radical (unpaired) electrons. The third-order valence-corrected chi connectivity index (χ3v) is 4.33. The lowest BCUT2D eigenvalue weighted by molar-refractivity contribution is 0.0600. The van der Waals surface area contributed by atoms with Crippen LogP contribution in [-0.4, -0.2) is 26.3 Å². The molecule has 100 valence electrons. The van der Waals surface area contributed by atoms with Gasteiger partial charge in [-0.25, -0.2) is 4.79 Å². The molecule has 0 aliphatic rings. The number of rotatable bonds is 6. The second kappa shape index (κ2) is 6.69. The summed E-state index contributed by atoms with van der Waals surface area (Å²) in [5, 5.41) is 0.429. The van der Waals surface area contributed by atoms with E-state index in [1.165, 1.54) is 19.2 Å². The van der Waals surface area contributed by atoms with Gasteiger partial charge in [0.2, 0.25) is 0 Å². The van der Waals surface area contributed by atoms with E-state index in [9.17, 15) is 9.36 Å². The van der Waals surface area contributed by atoms with Crippen LogP contribution in [0, 0.1) is 0 Å². The summed E-state index contributed by atoms with van der Waals surface area (Å²) in [6.07, 6.45) is 0. The van der Waals surface area contributed by atoms with E-state index in [1.54, 1.807) is 26.0 Å². The van der Waals surface area contributed by atoms with Crippen molar-refractivity contribution in [2.75, 3.05) is 20.3 Å². The second-order valence-corrected chi connectivity index (χ2v) is 5.40. The zero-order valence-electron chi connectivity index (χ0n) is 10.7. The predicted octanol–water partition coefficient (Wildman–Crippen LogP) is 2.36. The predicted molar refractivity (Wildman–Crippen MR) is 68.3 cm³/mol. The number of ether oxygens (including phenoxy) is 1. The lowest BCUT2D eigenvalue weighted by Gasteiger charge is -2.17. The molecule has 5 nitrogen and oxygen atoms in total. The smallest absolute Gasteiger partial charge is 0.361 e. The number of carbonyl (C=O) groups excluding carboxylic acids is 1. The molecule has 1 aromatic carbocycles. The maximum Gasteiger partial charge on any atom is 0.361 e. The Hall–Kier alpha value is -1.16. The summed E-state index contributed by atoms with van der Waals surface area (Å²) >= 11 is 0. The van der Waals surface area contributed by atoms with E-state index in [0.29, 0.717) is 10.9 Å². The van der Waals surface area contributed by atoms with Gasteiger partial charge in [0.05, 0.1) is 31.2 Å². The Labute approximate surface area is 107 Å². The molecular weight excluding hydrogens is 255 g/mol. The van der Waals surface area contributed by atoms with Crippen molar-refractivity contribution in [3.8, 4) is 0 Å². The first-order valence-corrected chi connectivity index (χ1v) is 7.19. The SMILES string of the molecule is CCOP(=O)(OCC)c1ccc(C(=O)OC)cc1. The molecule has 6 heteroatoms. The highest BCUT2D eigenvalue weighted by molar-refractivity contribution is 7.62. The Morgan fingerprint density at radius 1 is 1.11 bits per heavy atom. The van der Waals surface area contributed by atoms with E-state index in [1.807, 2.05) is 0 Å². The summed E-state index contributed by atoms with van der Waals surface area (Å²) in [4.78, 5) is 11.3. The number of esters is 1. The van der Waals surface area contributed by atoms with Crippen molar-refractivity contribution in [1.82, 2.24) is 0 Å². The van der Waals surface area contributed by atoms with E-state index in [-0.39, 0.29) is 13.2 Å². The normalized spacial score (nSPS) is 11.3. The summed E-state index contributed by atoms with van der Waals surface area (Å²) in [6.45, 7) is 4.06. The standard InChI is InChI=1S/C12H17O5P/c1-4-16-18(14,17-5-2)11-8-6-10(7-9-11)12(13)15-3/h6-9H,4-5H2,1-3H3. The lowest BCUT2D eigenvalue weighted by atomic mass is 10.2. The fourth-order valence-electron chi connectivity index (χ4n) is 1.42. The minimum atomic E-state index is -3.28. The third kappa shape index (κ3) is 3.42. The fraction of sp³-hybridized carbons (Fsp3) is 0.417. The van der Waals surface area contributed by atoms with Crippen molar-refractivity contribution in [3.63, 3.8) is 0 Å². The molecular formula is C12H17O5P. The first-order chi connectivity index (χ1) is 8.57. The molecule has 0 fully saturated rings. The number of carbonyl (C=O) groups is 1. The first kappa shape index (κ1) is 14.9. The maximum absolute atomic E-state index is 12.4. The van der Waals surface area contributed by atoms with E-state index in [4.69, 9.17) is 9.05 Å². The van der Waals surface area contributed by atoms with Gasteiger partial charge in [0.25, 0.3) is 0 Å². The van der Waals surface area contributed by atoms with Gasteiger partial charge in [-0.3, -0.25) is 4.57 Å². The minimum Gasteiger partial charge on any atom is -0.465 e. The van der Waals surface area contributed by atoms with Gasteiger partial charge in [0.1, 0.15) is 0 Å². The topological polar surface area (TPSA) is 61.8 Å². The van der Waals surface area contributed by atoms with Crippen LogP contribution in [0.1, 0.15) is 24.2 Å². The van der Waals surface area contributed by atoms with Crippen LogP contribution < -0.4 is 5.30 Å². The Morgan fingerprint density at radius 2 is 1.61 bits per heavy atom. The molecule has 1 rings (SSSR count). The average Bonchev–Trinajstić information content (AvgIpc) is 2.38. The highest BCUT2D eigenvalue weighted by Crippen LogP contribution is 2.46. The van der Waals surface area contributed by atoms with Crippen LogP contribution in [-0.2, 0) is 18.3 Å². The molecule has 0 aromatic heterocycles. The van der Waals surface area contributed by atoms with Gasteiger partial charge in [0, 0.05) is 0 Å². The van der Waals surface area contributed by atoms with Crippen molar-refractivity contribution in [2.45, 2.75) is 13.8 Å². The van der Waals surface area contributed by atoms with E-state index >= 15 is 0 Å². The Bertz CT molecular complexity index is 430. The van der Waals surface area contributed by atoms with Gasteiger partial charge in [0.15, 0.2) is 0 Å². The third-order valence-electron chi connectivity index (χ3n) is 2.20. The van der Waals surface area contributed by atoms with Crippen LogP contribution in [0.2, 0.25) is 0 Å². The molecule has 0 saturated heterocycles. The van der Waals surface area contributed by atoms with Gasteiger partial charge in [-0.2, -0.15) is 0 Å². The summed E-state index contributed by atoms with van der Waals surface area (Å²) < 4.78 is 27.4. The number of benzene rings is 1. The van der Waals surface area contributed by atoms with Crippen molar-refractivity contribution in [3.05, 3.63) is 29.8 Å². The number of hydrogen-bond donors (Lipinski definition) is 0. The van der Waals surface area contributed by atoms with Gasteiger partial charge in [-0.05, 0) is 38.1 Å². The molecule has 0 N–H and O–H groups in total. The molecule has 0 spiro atoms. The lowest BCUT2D eigenvalue weighted by Crippen LogP contribution is -2.12. The highest BCUT2D eigenvalue weighted by Gasteiger charge is 2.26. The monoisotopic (exact) mass is 272 g/mol. The van der Waals surface area contributed by atoms with Crippen LogP contribution in [0.25, 0.3) is 0 Å². The molecule has 0 aliphatic heterocycles. The molecule has 0 amide bonds. The summed E-state index contributed by atoms with van der Waals surface area (Å²) in [5.74, 6) is -0.441. The van der Waals surface area contributed by atoms with Gasteiger partial charge in [-0.1, -0.05) is 0 Å². The number of methoxy groups -OCH3 is 1. The van der Waals surface area contributed by atoms with Crippen LogP contribution in [0.5, 0.6) is 0 Å². The van der Waals surface area contributed by atoms with Crippen LogP contribution in [0.15, 0.2) is 24.3 Å². The molecule has 0 aliphatic carbocycles. The first-order valence-electron chi connectivity index (χ1n) is 5.65. The quantitative estimate of drug-likeness (QED) is 0.587. The highest BCUT2D eigenvalue weighted by atomic mass is 31.2. The van der Waals surface area contributed by atoms with Crippen molar-refractivity contribution in [1.29, 1.82) is 0 Å². The minimum absolute atomic E-state index is 0.288. The van der Waals surface area contributed by atoms with Crippen LogP contribution in [0.4, 0.5) is 0 Å².